The predicted octanol–water partition coefficient (Wildman–Crippen LogP) is 3.90. The van der Waals surface area contributed by atoms with Gasteiger partial charge in [-0.05, 0) is 61.6 Å². The lowest BCUT2D eigenvalue weighted by Gasteiger charge is -2.24. The minimum Gasteiger partial charge on any atom is -0.352 e. The highest BCUT2D eigenvalue weighted by Gasteiger charge is 2.24. The molecular formula is C25H31N5O2S. The topological polar surface area (TPSA) is 93.2 Å². The Hall–Kier alpha value is -3.26. The number of primary amides is 1. The van der Waals surface area contributed by atoms with E-state index >= 15 is 0 Å². The van der Waals surface area contributed by atoms with E-state index in [0.29, 0.717) is 13.0 Å². The predicted molar refractivity (Wildman–Crippen MR) is 134 cm³/mol. The fraction of sp³-hybridized carbons (Fsp3) is 0.320. The number of urea groups is 1. The molecule has 3 aromatic rings. The van der Waals surface area contributed by atoms with Gasteiger partial charge in [0.25, 0.3) is 0 Å². The first-order chi connectivity index (χ1) is 15.8. The summed E-state index contributed by atoms with van der Waals surface area (Å²) >= 11 is 1.62. The number of nitrogens with two attached hydrogens (primary N) is 1. The van der Waals surface area contributed by atoms with Crippen molar-refractivity contribution in [2.24, 2.45) is 5.73 Å². The van der Waals surface area contributed by atoms with Crippen molar-refractivity contribution in [2.75, 3.05) is 19.1 Å². The number of likely N-dealkylation sites (N-methyl/N-ethyl adjacent to an activating group) is 1. The number of aromatic nitrogens is 2. The van der Waals surface area contributed by atoms with E-state index in [1.807, 2.05) is 47.5 Å². The zero-order valence-corrected chi connectivity index (χ0v) is 20.4. The van der Waals surface area contributed by atoms with Crippen LogP contribution in [-0.2, 0) is 11.3 Å². The van der Waals surface area contributed by atoms with Crippen LogP contribution in [-0.4, -0.2) is 51.7 Å². The van der Waals surface area contributed by atoms with E-state index in [4.69, 9.17) is 10.8 Å². The molecule has 174 valence electrons. The van der Waals surface area contributed by atoms with Crippen LogP contribution in [0.3, 0.4) is 0 Å². The van der Waals surface area contributed by atoms with Gasteiger partial charge in [-0.25, -0.2) is 9.48 Å². The van der Waals surface area contributed by atoms with Crippen LogP contribution in [0, 0.1) is 13.8 Å². The smallest absolute Gasteiger partial charge is 0.312 e. The Morgan fingerprint density at radius 2 is 1.88 bits per heavy atom. The fourth-order valence-corrected chi connectivity index (χ4v) is 4.11. The quantitative estimate of drug-likeness (QED) is 0.501. The van der Waals surface area contributed by atoms with Gasteiger partial charge >= 0.3 is 6.03 Å². The van der Waals surface area contributed by atoms with Crippen LogP contribution in [0.2, 0.25) is 0 Å². The van der Waals surface area contributed by atoms with Gasteiger partial charge in [-0.2, -0.15) is 16.9 Å². The Bertz CT molecular complexity index is 1110. The van der Waals surface area contributed by atoms with Gasteiger partial charge in [0, 0.05) is 30.9 Å². The Morgan fingerprint density at radius 1 is 1.15 bits per heavy atom. The maximum atomic E-state index is 13.1. The van der Waals surface area contributed by atoms with Crippen LogP contribution in [0.5, 0.6) is 0 Å². The normalized spacial score (nSPS) is 11.8. The summed E-state index contributed by atoms with van der Waals surface area (Å²) in [6, 6.07) is 14.8. The summed E-state index contributed by atoms with van der Waals surface area (Å²) < 4.78 is 1.84. The molecule has 0 spiro atoms. The highest BCUT2D eigenvalue weighted by molar-refractivity contribution is 7.98. The number of amides is 3. The first kappa shape index (κ1) is 24.4. The van der Waals surface area contributed by atoms with Crippen LogP contribution in [0.15, 0.2) is 54.7 Å². The van der Waals surface area contributed by atoms with Crippen molar-refractivity contribution in [3.05, 3.63) is 71.4 Å². The zero-order valence-electron chi connectivity index (χ0n) is 19.5. The third-order valence-corrected chi connectivity index (χ3v) is 6.24. The Balaban J connectivity index is 1.94. The number of thioether (sulfide) groups is 1. The molecule has 7 nitrogen and oxygen atoms in total. The molecule has 0 saturated heterocycles. The minimum atomic E-state index is -0.699. The van der Waals surface area contributed by atoms with Crippen molar-refractivity contribution in [3.63, 3.8) is 0 Å². The lowest BCUT2D eigenvalue weighted by molar-refractivity contribution is -0.132. The number of rotatable bonds is 9. The van der Waals surface area contributed by atoms with Crippen LogP contribution < -0.4 is 11.1 Å². The molecule has 1 heterocycles. The monoisotopic (exact) mass is 465 g/mol. The third-order valence-electron chi connectivity index (χ3n) is 5.60. The number of para-hydroxylation sites is 1. The molecule has 0 radical (unpaired) electrons. The SMILES string of the molecule is CSCCC(NC(N)=O)C(=O)N(C)Cc1cn(-c2ccccc2)nc1-c1ccc(C)c(C)c1. The largest absolute Gasteiger partial charge is 0.352 e. The summed E-state index contributed by atoms with van der Waals surface area (Å²) in [7, 11) is 1.74. The van der Waals surface area contributed by atoms with E-state index in [2.05, 4.69) is 37.4 Å². The van der Waals surface area contributed by atoms with Crippen LogP contribution >= 0.6 is 11.8 Å². The molecule has 2 aromatic carbocycles. The number of aryl methyl sites for hydroxylation is 2. The van der Waals surface area contributed by atoms with Crippen molar-refractivity contribution < 1.29 is 9.59 Å². The van der Waals surface area contributed by atoms with Gasteiger partial charge in [0.1, 0.15) is 6.04 Å². The van der Waals surface area contributed by atoms with E-state index in [9.17, 15) is 9.59 Å². The van der Waals surface area contributed by atoms with Crippen LogP contribution in [0.1, 0.15) is 23.1 Å². The average molecular weight is 466 g/mol. The zero-order chi connectivity index (χ0) is 24.0. The van der Waals surface area contributed by atoms with Crippen molar-refractivity contribution in [3.8, 4) is 16.9 Å². The number of hydrogen-bond acceptors (Lipinski definition) is 4. The van der Waals surface area contributed by atoms with Crippen molar-refractivity contribution in [1.82, 2.24) is 20.0 Å². The molecule has 0 fully saturated rings. The van der Waals surface area contributed by atoms with Gasteiger partial charge in [0.2, 0.25) is 5.91 Å². The number of nitrogens with one attached hydrogen (secondary N) is 1. The molecular weight excluding hydrogens is 434 g/mol. The molecule has 0 aliphatic heterocycles. The number of carbonyl (C=O) groups is 2. The van der Waals surface area contributed by atoms with Crippen molar-refractivity contribution in [2.45, 2.75) is 32.9 Å². The molecule has 1 aromatic heterocycles. The minimum absolute atomic E-state index is 0.179. The first-order valence-electron chi connectivity index (χ1n) is 10.8. The Morgan fingerprint density at radius 3 is 2.52 bits per heavy atom. The summed E-state index contributed by atoms with van der Waals surface area (Å²) in [4.78, 5) is 26.2. The molecule has 33 heavy (non-hydrogen) atoms. The van der Waals surface area contributed by atoms with E-state index in [0.717, 1.165) is 28.3 Å². The standard InChI is InChI=1S/C25H31N5O2S/c1-17-10-11-19(14-18(17)2)23-20(16-30(28-23)21-8-6-5-7-9-21)15-29(3)24(31)22(12-13-33-4)27-25(26)32/h5-11,14,16,22H,12-13,15H2,1-4H3,(H3,26,27,32). The molecule has 3 amide bonds. The van der Waals surface area contributed by atoms with Gasteiger partial charge in [-0.3, -0.25) is 4.79 Å². The summed E-state index contributed by atoms with van der Waals surface area (Å²) in [6.07, 6.45) is 4.44. The van der Waals surface area contributed by atoms with Gasteiger partial charge in [-0.15, -0.1) is 0 Å². The van der Waals surface area contributed by atoms with Crippen molar-refractivity contribution in [1.29, 1.82) is 0 Å². The summed E-state index contributed by atoms with van der Waals surface area (Å²) in [6.45, 7) is 4.51. The van der Waals surface area contributed by atoms with Gasteiger partial charge in [-0.1, -0.05) is 30.3 Å². The molecule has 0 aliphatic rings. The third kappa shape index (κ3) is 6.16. The fourth-order valence-electron chi connectivity index (χ4n) is 3.63. The molecule has 8 heteroatoms. The second-order valence-electron chi connectivity index (χ2n) is 8.12. The van der Waals surface area contributed by atoms with Crippen LogP contribution in [0.25, 0.3) is 16.9 Å². The molecule has 1 atom stereocenters. The lowest BCUT2D eigenvalue weighted by atomic mass is 10.0. The highest BCUT2D eigenvalue weighted by Crippen LogP contribution is 2.27. The first-order valence-corrected chi connectivity index (χ1v) is 12.2. The second-order valence-corrected chi connectivity index (χ2v) is 9.10. The van der Waals surface area contributed by atoms with E-state index < -0.39 is 12.1 Å². The average Bonchev–Trinajstić information content (AvgIpc) is 3.22. The second kappa shape index (κ2) is 11.0. The van der Waals surface area contributed by atoms with E-state index in [1.165, 1.54) is 11.1 Å². The maximum Gasteiger partial charge on any atom is 0.312 e. The number of carbonyl (C=O) groups excluding carboxylic acids is 2. The molecule has 1 unspecified atom stereocenters. The molecule has 0 saturated carbocycles. The Kier molecular flexibility index (Phi) is 8.16. The van der Waals surface area contributed by atoms with Gasteiger partial charge < -0.3 is 16.0 Å². The van der Waals surface area contributed by atoms with Crippen molar-refractivity contribution >= 4 is 23.7 Å². The summed E-state index contributed by atoms with van der Waals surface area (Å²) in [5, 5.41) is 7.45. The summed E-state index contributed by atoms with van der Waals surface area (Å²) in [5.74, 6) is 0.561. The number of hydrogen-bond donors (Lipinski definition) is 2. The number of benzene rings is 2. The Labute approximate surface area is 199 Å². The molecule has 3 N–H and O–H groups in total. The summed E-state index contributed by atoms with van der Waals surface area (Å²) in [5.41, 5.74) is 11.4. The number of nitrogens with zero attached hydrogens (tertiary/aromatic N) is 3. The van der Waals surface area contributed by atoms with Gasteiger partial charge in [0.15, 0.2) is 0 Å². The van der Waals surface area contributed by atoms with Gasteiger partial charge in [0.05, 0.1) is 11.4 Å². The lowest BCUT2D eigenvalue weighted by Crippen LogP contribution is -2.49. The highest BCUT2D eigenvalue weighted by atomic mass is 32.2. The van der Waals surface area contributed by atoms with E-state index in [-0.39, 0.29) is 5.91 Å². The molecule has 0 aliphatic carbocycles. The maximum absolute atomic E-state index is 13.1. The molecule has 0 bridgehead atoms. The van der Waals surface area contributed by atoms with Crippen LogP contribution in [0.4, 0.5) is 4.79 Å². The molecule has 3 rings (SSSR count). The van der Waals surface area contributed by atoms with E-state index in [1.54, 1.807) is 23.7 Å².